The molecule has 0 saturated carbocycles. The van der Waals surface area contributed by atoms with E-state index in [0.29, 0.717) is 5.56 Å². The third-order valence-corrected chi connectivity index (χ3v) is 12.6. The van der Waals surface area contributed by atoms with Crippen LogP contribution < -0.4 is 81.8 Å². The summed E-state index contributed by atoms with van der Waals surface area (Å²) in [7, 11) is 0. The molecule has 0 aromatic heterocycles. The monoisotopic (exact) mass is 1250 g/mol. The molecule has 12 atom stereocenters. The first-order valence-electron chi connectivity index (χ1n) is 27.0. The van der Waals surface area contributed by atoms with E-state index >= 15 is 0 Å². The molecule has 36 heteroatoms. The molecule has 0 heterocycles. The number of aliphatic hydroxyl groups excluding tert-OH is 5. The van der Waals surface area contributed by atoms with Gasteiger partial charge in [0.05, 0.1) is 44.5 Å². The number of aliphatic imine (C=N–C) groups is 1. The second kappa shape index (κ2) is 37.7. The summed E-state index contributed by atoms with van der Waals surface area (Å²) < 4.78 is 0. The molecular weight excluding hydrogens is 1170 g/mol. The molecule has 0 aliphatic carbocycles. The Morgan fingerprint density at radius 2 is 0.875 bits per heavy atom. The van der Waals surface area contributed by atoms with Gasteiger partial charge >= 0.3 is 5.97 Å². The first-order valence-corrected chi connectivity index (χ1v) is 27.0. The molecule has 0 aliphatic heterocycles. The van der Waals surface area contributed by atoms with Crippen molar-refractivity contribution in [3.8, 4) is 5.75 Å². The minimum atomic E-state index is -2.07. The van der Waals surface area contributed by atoms with Crippen LogP contribution in [0.3, 0.4) is 0 Å². The summed E-state index contributed by atoms with van der Waals surface area (Å²) in [5.41, 5.74) is 27.9. The molecule has 12 amide bonds. The van der Waals surface area contributed by atoms with Gasteiger partial charge in [-0.15, -0.1) is 0 Å². The lowest BCUT2D eigenvalue weighted by molar-refractivity contribution is -0.139. The lowest BCUT2D eigenvalue weighted by atomic mass is 10.0. The van der Waals surface area contributed by atoms with Crippen LogP contribution in [0.4, 0.5) is 0 Å². The highest BCUT2D eigenvalue weighted by molar-refractivity contribution is 6.00. The number of primary amides is 2. The molecule has 27 N–H and O–H groups in total. The van der Waals surface area contributed by atoms with Gasteiger partial charge < -0.3 is 118 Å². The summed E-state index contributed by atoms with van der Waals surface area (Å²) in [6, 6.07) is -4.68. The Morgan fingerprint density at radius 3 is 1.32 bits per heavy atom. The number of rotatable bonds is 39. The van der Waals surface area contributed by atoms with Crippen LogP contribution in [0, 0.1) is 0 Å². The highest BCUT2D eigenvalue weighted by Crippen LogP contribution is 2.13. The summed E-state index contributed by atoms with van der Waals surface area (Å²) in [4.78, 5) is 174. The van der Waals surface area contributed by atoms with Gasteiger partial charge in [0.15, 0.2) is 5.96 Å². The number of aliphatic hydroxyl groups is 5. The number of benzene rings is 2. The molecule has 0 unspecified atom stereocenters. The number of phenols is 1. The van der Waals surface area contributed by atoms with E-state index in [-0.39, 0.29) is 55.9 Å². The standard InChI is InChI=1S/C52H78N16O20/c1-24(72)40(67-46(83)32(17-26-7-4-3-5-8-26)61-42(79)29(53)14-15-37(54)75)50(87)66-35(22-70)48(85)64-36(23-71)49(86)68-41(25(2)73)51(88)65-34(21-69)47(84)62-31(18-27-10-12-28(74)13-11-27)44(81)63-33(19-38(55)76)45(82)60-30(9-6-16-58-52(56)57)43(80)59-20-39(77)78/h3-5,7-8,10-13,24-25,29-36,40-41,69-74H,6,9,14-23,53H2,1-2H3,(H2,54,75)(H2,55,76)(H,59,80)(H,60,82)(H,61,79)(H,62,84)(H,63,81)(H,64,85)(H,65,88)(H,66,87)(H,67,83)(H,68,86)(H,77,78)(H4,56,57,58)/t24-,25-,29+,30+,31+,32+,33+,34+,35+,36+,40+,41+/m1/s1. The summed E-state index contributed by atoms with van der Waals surface area (Å²) >= 11 is 0. The highest BCUT2D eigenvalue weighted by atomic mass is 16.4. The topological polar surface area (TPSA) is 626 Å². The van der Waals surface area contributed by atoms with Crippen LogP contribution in [0.2, 0.25) is 0 Å². The zero-order valence-corrected chi connectivity index (χ0v) is 47.9. The number of hydrogen-bond acceptors (Lipinski definition) is 21. The SMILES string of the molecule is C[C@@H](O)[C@H](NC(=O)[C@H](CO)NC(=O)[C@H](CO)NC(=O)[C@@H](NC(=O)[C@H](Cc1ccccc1)NC(=O)[C@@H](N)CCC(N)=O)[C@@H](C)O)C(=O)N[C@@H](CO)C(=O)N[C@@H](Cc1ccc(O)cc1)C(=O)N[C@@H](CC(N)=O)C(=O)N[C@@H](CCCN=C(N)N)C(=O)NCC(=O)O. The molecule has 0 spiro atoms. The Morgan fingerprint density at radius 1 is 0.477 bits per heavy atom. The van der Waals surface area contributed by atoms with E-state index in [1.54, 1.807) is 30.3 Å². The van der Waals surface area contributed by atoms with Crippen molar-refractivity contribution in [3.05, 3.63) is 65.7 Å². The van der Waals surface area contributed by atoms with Crippen LogP contribution in [0.5, 0.6) is 5.75 Å². The van der Waals surface area contributed by atoms with Crippen molar-refractivity contribution in [3.63, 3.8) is 0 Å². The molecule has 0 fully saturated rings. The Kier molecular flexibility index (Phi) is 31.9. The first-order chi connectivity index (χ1) is 41.4. The van der Waals surface area contributed by atoms with Crippen LogP contribution in [0.1, 0.15) is 57.1 Å². The van der Waals surface area contributed by atoms with Crippen molar-refractivity contribution in [2.45, 2.75) is 131 Å². The maximum absolute atomic E-state index is 14.0. The number of nitrogens with two attached hydrogens (primary N) is 5. The Labute approximate surface area is 502 Å². The summed E-state index contributed by atoms with van der Waals surface area (Å²) in [6.45, 7) is -2.55. The predicted molar refractivity (Wildman–Crippen MR) is 305 cm³/mol. The van der Waals surface area contributed by atoms with Gasteiger partial charge in [-0.1, -0.05) is 42.5 Å². The van der Waals surface area contributed by atoms with Crippen molar-refractivity contribution in [1.82, 2.24) is 53.2 Å². The number of nitrogens with zero attached hydrogens (tertiary/aromatic N) is 1. The summed E-state index contributed by atoms with van der Waals surface area (Å²) in [6.07, 6.45) is -5.72. The van der Waals surface area contributed by atoms with E-state index in [0.717, 1.165) is 13.8 Å². The molecule has 2 aromatic rings. The molecule has 0 radical (unpaired) electrons. The van der Waals surface area contributed by atoms with E-state index in [9.17, 15) is 93.0 Å². The van der Waals surface area contributed by atoms with Crippen molar-refractivity contribution < 1.29 is 98.1 Å². The number of nitrogens with one attached hydrogen (secondary N) is 10. The number of guanidine groups is 1. The van der Waals surface area contributed by atoms with Gasteiger partial charge in [0.2, 0.25) is 70.9 Å². The molecule has 0 aliphatic rings. The van der Waals surface area contributed by atoms with Crippen LogP contribution in [-0.4, -0.2) is 224 Å². The second-order valence-corrected chi connectivity index (χ2v) is 19.8. The van der Waals surface area contributed by atoms with Gasteiger partial charge in [0.25, 0.3) is 0 Å². The van der Waals surface area contributed by atoms with Gasteiger partial charge in [0.1, 0.15) is 66.7 Å². The van der Waals surface area contributed by atoms with Crippen molar-refractivity contribution in [2.75, 3.05) is 32.9 Å². The fourth-order valence-corrected chi connectivity index (χ4v) is 7.83. The van der Waals surface area contributed by atoms with Crippen LogP contribution >= 0.6 is 0 Å². The number of phenolic OH excluding ortho intramolecular Hbond substituents is 1. The number of hydrogen-bond donors (Lipinski definition) is 22. The largest absolute Gasteiger partial charge is 0.508 e. The summed E-state index contributed by atoms with van der Waals surface area (Å²) in [5, 5.41) is 92.6. The number of carbonyl (C=O) groups excluding carboxylic acids is 12. The third kappa shape index (κ3) is 26.7. The maximum atomic E-state index is 14.0. The second-order valence-electron chi connectivity index (χ2n) is 19.8. The van der Waals surface area contributed by atoms with Crippen molar-refractivity contribution in [1.29, 1.82) is 0 Å². The minimum Gasteiger partial charge on any atom is -0.508 e. The zero-order valence-electron chi connectivity index (χ0n) is 47.9. The molecule has 36 nitrogen and oxygen atoms in total. The molecule has 486 valence electrons. The van der Waals surface area contributed by atoms with Gasteiger partial charge in [0, 0.05) is 25.8 Å². The van der Waals surface area contributed by atoms with Crippen molar-refractivity contribution >= 4 is 82.8 Å². The Balaban J connectivity index is 2.31. The number of aliphatic carboxylic acids is 1. The molecular formula is C52H78N16O20. The van der Waals surface area contributed by atoms with Crippen LogP contribution in [-0.2, 0) is 75.2 Å². The fraction of sp³-hybridized carbons (Fsp3) is 0.500. The maximum Gasteiger partial charge on any atom is 0.322 e. The van der Waals surface area contributed by atoms with Crippen LogP contribution in [0.15, 0.2) is 59.6 Å². The normalized spacial score (nSPS) is 15.0. The quantitative estimate of drug-likeness (QED) is 0.0168. The number of carboxylic acids is 1. The number of amides is 12. The lowest BCUT2D eigenvalue weighted by Gasteiger charge is -2.28. The van der Waals surface area contributed by atoms with E-state index in [1.807, 2.05) is 10.6 Å². The Hall–Kier alpha value is -9.62. The zero-order chi connectivity index (χ0) is 66.4. The smallest absolute Gasteiger partial charge is 0.322 e. The molecule has 0 bridgehead atoms. The third-order valence-electron chi connectivity index (χ3n) is 12.6. The van der Waals surface area contributed by atoms with E-state index in [1.165, 1.54) is 24.3 Å². The molecule has 2 rings (SSSR count). The van der Waals surface area contributed by atoms with E-state index in [2.05, 4.69) is 47.5 Å². The number of carbonyl (C=O) groups is 13. The fourth-order valence-electron chi connectivity index (χ4n) is 7.83. The summed E-state index contributed by atoms with van der Waals surface area (Å²) in [5.74, 6) is -16.0. The van der Waals surface area contributed by atoms with Gasteiger partial charge in [-0.05, 0) is 56.4 Å². The highest BCUT2D eigenvalue weighted by Gasteiger charge is 2.38. The lowest BCUT2D eigenvalue weighted by Crippen LogP contribution is -2.63. The minimum absolute atomic E-state index is 0.0436. The van der Waals surface area contributed by atoms with Gasteiger partial charge in [-0.3, -0.25) is 67.3 Å². The molecule has 0 saturated heterocycles. The molecule has 2 aromatic carbocycles. The predicted octanol–water partition coefficient (Wildman–Crippen LogP) is -11.0. The van der Waals surface area contributed by atoms with Gasteiger partial charge in [-0.2, -0.15) is 0 Å². The van der Waals surface area contributed by atoms with E-state index < -0.39 is 189 Å². The van der Waals surface area contributed by atoms with Crippen LogP contribution in [0.25, 0.3) is 0 Å². The van der Waals surface area contributed by atoms with E-state index in [4.69, 9.17) is 33.8 Å². The molecule has 88 heavy (non-hydrogen) atoms. The van der Waals surface area contributed by atoms with Crippen molar-refractivity contribution in [2.24, 2.45) is 33.7 Å². The number of carboxylic acid groups (broad SMARTS) is 1. The van der Waals surface area contributed by atoms with Gasteiger partial charge in [-0.25, -0.2) is 0 Å². The first kappa shape index (κ1) is 74.5. The average molecular weight is 1250 g/mol. The number of aromatic hydroxyl groups is 1. The average Bonchev–Trinajstić information content (AvgIpc) is 3.67. The Bertz CT molecular complexity index is 2770.